The Morgan fingerprint density at radius 1 is 0.205 bits per heavy atom. The van der Waals surface area contributed by atoms with E-state index in [1.54, 1.807) is 0 Å². The van der Waals surface area contributed by atoms with Crippen LogP contribution >= 0.6 is 0 Å². The van der Waals surface area contributed by atoms with Crippen LogP contribution in [0.1, 0.15) is 0 Å². The lowest BCUT2D eigenvalue weighted by atomic mass is 9.90. The standard InChI is InChI=1S/C44H28/c1-3-14-37-33(10-1)27-43(41-18-7-5-16-39(37)41)32-13-9-12-30(24-32)31-22-20-29-21-23-35(26-36(29)25-31)44-28-34-11-2-4-15-38(34)40-17-6-8-19-42(40)44/h1-28H. The summed E-state index contributed by atoms with van der Waals surface area (Å²) < 4.78 is 0. The van der Waals surface area contributed by atoms with E-state index in [-0.39, 0.29) is 0 Å². The number of hydrogen-bond donors (Lipinski definition) is 0. The van der Waals surface area contributed by atoms with Gasteiger partial charge < -0.3 is 0 Å². The second-order valence-corrected chi connectivity index (χ2v) is 11.7. The number of rotatable bonds is 3. The van der Waals surface area contributed by atoms with Crippen LogP contribution in [0.15, 0.2) is 170 Å². The first kappa shape index (κ1) is 24.8. The van der Waals surface area contributed by atoms with Gasteiger partial charge in [0.15, 0.2) is 0 Å². The molecular weight excluding hydrogens is 528 g/mol. The predicted molar refractivity (Wildman–Crippen MR) is 190 cm³/mol. The van der Waals surface area contributed by atoms with Crippen LogP contribution in [0.4, 0.5) is 0 Å². The molecule has 204 valence electrons. The van der Waals surface area contributed by atoms with Crippen LogP contribution in [0.3, 0.4) is 0 Å². The lowest BCUT2D eigenvalue weighted by Crippen LogP contribution is -1.87. The third-order valence-electron chi connectivity index (χ3n) is 9.19. The molecule has 0 nitrogen and oxygen atoms in total. The first-order valence-electron chi connectivity index (χ1n) is 15.3. The van der Waals surface area contributed by atoms with Gasteiger partial charge >= 0.3 is 0 Å². The van der Waals surface area contributed by atoms with Crippen LogP contribution in [0.25, 0.3) is 87.2 Å². The Kier molecular flexibility index (Phi) is 5.61. The maximum Gasteiger partial charge on any atom is -0.00988 e. The van der Waals surface area contributed by atoms with Gasteiger partial charge in [-0.1, -0.05) is 140 Å². The van der Waals surface area contributed by atoms with Crippen LogP contribution in [0, 0.1) is 0 Å². The van der Waals surface area contributed by atoms with Gasteiger partial charge in [0.25, 0.3) is 0 Å². The zero-order valence-electron chi connectivity index (χ0n) is 24.2. The number of fused-ring (bicyclic) bond motifs is 7. The van der Waals surface area contributed by atoms with E-state index in [1.165, 1.54) is 87.2 Å². The molecule has 0 radical (unpaired) electrons. The number of hydrogen-bond acceptors (Lipinski definition) is 0. The quantitative estimate of drug-likeness (QED) is 0.190. The molecule has 44 heavy (non-hydrogen) atoms. The summed E-state index contributed by atoms with van der Waals surface area (Å²) in [5.41, 5.74) is 7.48. The normalized spacial score (nSPS) is 11.6. The van der Waals surface area contributed by atoms with Crippen molar-refractivity contribution in [1.29, 1.82) is 0 Å². The fourth-order valence-electron chi connectivity index (χ4n) is 7.05. The first-order chi connectivity index (χ1) is 21.8. The highest BCUT2D eigenvalue weighted by Gasteiger charge is 2.12. The molecule has 0 aliphatic rings. The Hall–Kier alpha value is -5.72. The van der Waals surface area contributed by atoms with Gasteiger partial charge in [0.05, 0.1) is 0 Å². The van der Waals surface area contributed by atoms with Crippen LogP contribution < -0.4 is 0 Å². The van der Waals surface area contributed by atoms with E-state index in [4.69, 9.17) is 0 Å². The molecular formula is C44H28. The third kappa shape index (κ3) is 4.00. The summed E-state index contributed by atoms with van der Waals surface area (Å²) in [6, 6.07) is 62.4. The van der Waals surface area contributed by atoms with E-state index >= 15 is 0 Å². The third-order valence-corrected chi connectivity index (χ3v) is 9.19. The van der Waals surface area contributed by atoms with Gasteiger partial charge in [-0.15, -0.1) is 0 Å². The van der Waals surface area contributed by atoms with Gasteiger partial charge in [0.1, 0.15) is 0 Å². The van der Waals surface area contributed by atoms with Crippen molar-refractivity contribution in [2.24, 2.45) is 0 Å². The highest BCUT2D eigenvalue weighted by molar-refractivity contribution is 6.15. The summed E-state index contributed by atoms with van der Waals surface area (Å²) in [4.78, 5) is 0. The van der Waals surface area contributed by atoms with Gasteiger partial charge in [-0.05, 0) is 118 Å². The van der Waals surface area contributed by atoms with E-state index in [2.05, 4.69) is 170 Å². The van der Waals surface area contributed by atoms with Gasteiger partial charge in [-0.3, -0.25) is 0 Å². The highest BCUT2D eigenvalue weighted by Crippen LogP contribution is 2.39. The summed E-state index contributed by atoms with van der Waals surface area (Å²) in [6.07, 6.45) is 0. The maximum atomic E-state index is 2.36. The van der Waals surface area contributed by atoms with Gasteiger partial charge in [-0.2, -0.15) is 0 Å². The smallest absolute Gasteiger partial charge is 0.00988 e. The molecule has 9 aromatic carbocycles. The zero-order chi connectivity index (χ0) is 29.0. The summed E-state index contributed by atoms with van der Waals surface area (Å²) in [7, 11) is 0. The summed E-state index contributed by atoms with van der Waals surface area (Å²) in [6.45, 7) is 0. The molecule has 0 aliphatic carbocycles. The minimum atomic E-state index is 1.23. The van der Waals surface area contributed by atoms with Crippen molar-refractivity contribution in [3.63, 3.8) is 0 Å². The average molecular weight is 557 g/mol. The topological polar surface area (TPSA) is 0 Å². The van der Waals surface area contributed by atoms with Crippen LogP contribution in [0.2, 0.25) is 0 Å². The number of benzene rings is 9. The maximum absolute atomic E-state index is 2.36. The molecule has 0 N–H and O–H groups in total. The van der Waals surface area contributed by atoms with Crippen molar-refractivity contribution in [2.45, 2.75) is 0 Å². The predicted octanol–water partition coefficient (Wildman–Crippen LogP) is 12.5. The fourth-order valence-corrected chi connectivity index (χ4v) is 7.05. The molecule has 9 rings (SSSR count). The minimum Gasteiger partial charge on any atom is -0.0616 e. The van der Waals surface area contributed by atoms with E-state index in [0.717, 1.165) is 0 Å². The monoisotopic (exact) mass is 556 g/mol. The second-order valence-electron chi connectivity index (χ2n) is 11.7. The summed E-state index contributed by atoms with van der Waals surface area (Å²) in [5.74, 6) is 0. The van der Waals surface area contributed by atoms with Crippen molar-refractivity contribution in [3.8, 4) is 33.4 Å². The first-order valence-corrected chi connectivity index (χ1v) is 15.3. The van der Waals surface area contributed by atoms with Crippen molar-refractivity contribution in [1.82, 2.24) is 0 Å². The average Bonchev–Trinajstić information content (AvgIpc) is 3.10. The molecule has 0 spiro atoms. The van der Waals surface area contributed by atoms with E-state index < -0.39 is 0 Å². The molecule has 0 bridgehead atoms. The molecule has 0 aromatic heterocycles. The van der Waals surface area contributed by atoms with Gasteiger partial charge in [0, 0.05) is 0 Å². The van der Waals surface area contributed by atoms with E-state index in [0.29, 0.717) is 0 Å². The Morgan fingerprint density at radius 3 is 1.25 bits per heavy atom. The van der Waals surface area contributed by atoms with Crippen LogP contribution in [-0.4, -0.2) is 0 Å². The Labute approximate surface area is 256 Å². The molecule has 9 aromatic rings. The molecule has 0 unspecified atom stereocenters. The van der Waals surface area contributed by atoms with E-state index in [1.807, 2.05) is 0 Å². The van der Waals surface area contributed by atoms with Crippen molar-refractivity contribution < 1.29 is 0 Å². The van der Waals surface area contributed by atoms with Crippen molar-refractivity contribution >= 4 is 53.9 Å². The van der Waals surface area contributed by atoms with Crippen LogP contribution in [-0.2, 0) is 0 Å². The van der Waals surface area contributed by atoms with Crippen molar-refractivity contribution in [2.75, 3.05) is 0 Å². The highest BCUT2D eigenvalue weighted by atomic mass is 14.2. The second kappa shape index (κ2) is 9.93. The fraction of sp³-hybridized carbons (Fsp3) is 0. The Balaban J connectivity index is 1.18. The SMILES string of the molecule is c1cc(-c2ccc3ccc(-c4cc5ccccc5c5ccccc45)cc3c2)cc(-c2cc3ccccc3c3ccccc23)c1. The van der Waals surface area contributed by atoms with Crippen molar-refractivity contribution in [3.05, 3.63) is 170 Å². The Morgan fingerprint density at radius 2 is 0.636 bits per heavy atom. The summed E-state index contributed by atoms with van der Waals surface area (Å²) in [5, 5.41) is 12.8. The largest absolute Gasteiger partial charge is 0.0616 e. The zero-order valence-corrected chi connectivity index (χ0v) is 24.2. The molecule has 0 heteroatoms. The van der Waals surface area contributed by atoms with E-state index in [9.17, 15) is 0 Å². The molecule has 0 saturated carbocycles. The molecule has 0 heterocycles. The minimum absolute atomic E-state index is 1.23. The summed E-state index contributed by atoms with van der Waals surface area (Å²) >= 11 is 0. The lowest BCUT2D eigenvalue weighted by Gasteiger charge is -2.13. The van der Waals surface area contributed by atoms with Gasteiger partial charge in [-0.25, -0.2) is 0 Å². The molecule has 0 aliphatic heterocycles. The molecule has 0 amide bonds. The Bertz CT molecular complexity index is 2550. The van der Waals surface area contributed by atoms with Crippen LogP contribution in [0.5, 0.6) is 0 Å². The van der Waals surface area contributed by atoms with Gasteiger partial charge in [0.2, 0.25) is 0 Å². The molecule has 0 fully saturated rings. The molecule has 0 saturated heterocycles. The molecule has 0 atom stereocenters. The lowest BCUT2D eigenvalue weighted by molar-refractivity contribution is 1.62.